The van der Waals surface area contributed by atoms with Crippen molar-refractivity contribution in [3.05, 3.63) is 17.2 Å². The molecule has 1 rings (SSSR count). The molecule has 0 radical (unpaired) electrons. The largest absolute Gasteiger partial charge is 0.321 e. The zero-order chi connectivity index (χ0) is 11.4. The van der Waals surface area contributed by atoms with Gasteiger partial charge >= 0.3 is 0 Å². The maximum atomic E-state index is 5.89. The van der Waals surface area contributed by atoms with Crippen LogP contribution in [-0.4, -0.2) is 41.1 Å². The van der Waals surface area contributed by atoms with E-state index in [1.807, 2.05) is 11.6 Å². The van der Waals surface area contributed by atoms with E-state index < -0.39 is 0 Å². The molecule has 1 aromatic heterocycles. The average molecular weight is 231 g/mol. The van der Waals surface area contributed by atoms with Gasteiger partial charge in [-0.3, -0.25) is 0 Å². The minimum atomic E-state index is 0.440. The second kappa shape index (κ2) is 5.49. The van der Waals surface area contributed by atoms with Crippen LogP contribution in [0.2, 0.25) is 5.15 Å². The van der Waals surface area contributed by atoms with Gasteiger partial charge in [0.25, 0.3) is 0 Å². The number of halogens is 1. The smallest absolute Gasteiger partial charge is 0.128 e. The van der Waals surface area contributed by atoms with Crippen molar-refractivity contribution in [1.29, 1.82) is 0 Å². The third-order valence-corrected chi connectivity index (χ3v) is 2.63. The summed E-state index contributed by atoms with van der Waals surface area (Å²) < 4.78 is 1.89. The molecular formula is C10H19ClN4. The minimum Gasteiger partial charge on any atom is -0.321 e. The normalized spacial score (nSPS) is 13.5. The van der Waals surface area contributed by atoms with Gasteiger partial charge in [0.15, 0.2) is 0 Å². The first-order valence-electron chi connectivity index (χ1n) is 5.05. The van der Waals surface area contributed by atoms with Crippen LogP contribution in [0.25, 0.3) is 0 Å². The van der Waals surface area contributed by atoms with Gasteiger partial charge in [0, 0.05) is 19.6 Å². The topological polar surface area (TPSA) is 33.1 Å². The van der Waals surface area contributed by atoms with Crippen molar-refractivity contribution in [2.75, 3.05) is 20.6 Å². The summed E-state index contributed by atoms with van der Waals surface area (Å²) in [5.41, 5.74) is 0. The van der Waals surface area contributed by atoms with Crippen LogP contribution in [0, 0.1) is 0 Å². The third kappa shape index (κ3) is 3.81. The third-order valence-electron chi connectivity index (χ3n) is 2.28. The van der Waals surface area contributed by atoms with Gasteiger partial charge in [0.2, 0.25) is 0 Å². The molecule has 0 amide bonds. The summed E-state index contributed by atoms with van der Waals surface area (Å²) in [7, 11) is 6.05. The van der Waals surface area contributed by atoms with Gasteiger partial charge in [-0.2, -0.15) is 0 Å². The Morgan fingerprint density at radius 2 is 2.27 bits per heavy atom. The van der Waals surface area contributed by atoms with E-state index in [1.54, 1.807) is 6.20 Å². The highest BCUT2D eigenvalue weighted by atomic mass is 35.5. The molecule has 0 aliphatic carbocycles. The molecule has 0 saturated carbocycles. The summed E-state index contributed by atoms with van der Waals surface area (Å²) in [6, 6.07) is 0.440. The van der Waals surface area contributed by atoms with Crippen molar-refractivity contribution >= 4 is 11.6 Å². The van der Waals surface area contributed by atoms with Crippen molar-refractivity contribution in [1.82, 2.24) is 19.8 Å². The van der Waals surface area contributed by atoms with E-state index >= 15 is 0 Å². The zero-order valence-corrected chi connectivity index (χ0v) is 10.5. The van der Waals surface area contributed by atoms with Crippen molar-refractivity contribution in [3.8, 4) is 0 Å². The van der Waals surface area contributed by atoms with E-state index in [0.717, 1.165) is 18.9 Å². The zero-order valence-electron chi connectivity index (χ0n) is 9.79. The molecule has 0 bridgehead atoms. The Balaban J connectivity index is 2.40. The highest BCUT2D eigenvalue weighted by molar-refractivity contribution is 6.29. The van der Waals surface area contributed by atoms with E-state index in [4.69, 9.17) is 11.6 Å². The Kier molecular flexibility index (Phi) is 4.57. The first kappa shape index (κ1) is 12.5. The number of hydrogen-bond acceptors (Lipinski definition) is 3. The maximum Gasteiger partial charge on any atom is 0.128 e. The Labute approximate surface area is 96.2 Å². The number of nitrogens with zero attached hydrogens (tertiary/aromatic N) is 3. The van der Waals surface area contributed by atoms with Crippen molar-refractivity contribution in [2.24, 2.45) is 7.05 Å². The van der Waals surface area contributed by atoms with Crippen molar-refractivity contribution in [3.63, 3.8) is 0 Å². The molecule has 0 aromatic carbocycles. The standard InChI is InChI=1S/C10H19ClN4/c1-8(7-14(2)3)12-6-10-13-5-9(11)15(10)4/h5,8,12H,6-7H2,1-4H3. The fraction of sp³-hybridized carbons (Fsp3) is 0.700. The summed E-state index contributed by atoms with van der Waals surface area (Å²) in [5.74, 6) is 0.964. The predicted octanol–water partition coefficient (Wildman–Crippen LogP) is 1.11. The first-order chi connectivity index (χ1) is 7.00. The van der Waals surface area contributed by atoms with Crippen LogP contribution in [-0.2, 0) is 13.6 Å². The number of hydrogen-bond donors (Lipinski definition) is 1. The molecule has 15 heavy (non-hydrogen) atoms. The Bertz CT molecular complexity index is 308. The van der Waals surface area contributed by atoms with Crippen LogP contribution >= 0.6 is 11.6 Å². The monoisotopic (exact) mass is 230 g/mol. The highest BCUT2D eigenvalue weighted by Gasteiger charge is 2.07. The highest BCUT2D eigenvalue weighted by Crippen LogP contribution is 2.08. The fourth-order valence-corrected chi connectivity index (χ4v) is 1.61. The SMILES string of the molecule is CC(CN(C)C)NCc1ncc(Cl)n1C. The molecule has 1 atom stereocenters. The van der Waals surface area contributed by atoms with Gasteiger partial charge in [-0.05, 0) is 21.0 Å². The Morgan fingerprint density at radius 3 is 2.73 bits per heavy atom. The summed E-state index contributed by atoms with van der Waals surface area (Å²) >= 11 is 5.89. The Morgan fingerprint density at radius 1 is 1.60 bits per heavy atom. The van der Waals surface area contributed by atoms with Gasteiger partial charge in [-0.15, -0.1) is 0 Å². The lowest BCUT2D eigenvalue weighted by Crippen LogP contribution is -2.35. The summed E-state index contributed by atoms with van der Waals surface area (Å²) in [5, 5.41) is 4.07. The van der Waals surface area contributed by atoms with Crippen LogP contribution in [0.15, 0.2) is 6.20 Å². The molecule has 0 aliphatic heterocycles. The second-order valence-electron chi connectivity index (χ2n) is 4.10. The van der Waals surface area contributed by atoms with Crippen LogP contribution in [0.1, 0.15) is 12.7 Å². The van der Waals surface area contributed by atoms with Crippen LogP contribution in [0.5, 0.6) is 0 Å². The number of likely N-dealkylation sites (N-methyl/N-ethyl adjacent to an activating group) is 1. The minimum absolute atomic E-state index is 0.440. The lowest BCUT2D eigenvalue weighted by Gasteiger charge is -2.18. The van der Waals surface area contributed by atoms with Crippen molar-refractivity contribution in [2.45, 2.75) is 19.5 Å². The van der Waals surface area contributed by atoms with E-state index in [2.05, 4.69) is 36.2 Å². The molecule has 1 N–H and O–H groups in total. The first-order valence-corrected chi connectivity index (χ1v) is 5.42. The van der Waals surface area contributed by atoms with Crippen LogP contribution in [0.4, 0.5) is 0 Å². The number of nitrogens with one attached hydrogen (secondary N) is 1. The van der Waals surface area contributed by atoms with E-state index in [0.29, 0.717) is 11.2 Å². The molecule has 5 heteroatoms. The lowest BCUT2D eigenvalue weighted by atomic mass is 10.3. The molecule has 1 heterocycles. The van der Waals surface area contributed by atoms with Crippen LogP contribution in [0.3, 0.4) is 0 Å². The van der Waals surface area contributed by atoms with Gasteiger partial charge in [0.1, 0.15) is 11.0 Å². The molecule has 1 aromatic rings. The molecule has 1 unspecified atom stereocenters. The van der Waals surface area contributed by atoms with E-state index in [9.17, 15) is 0 Å². The molecule has 0 spiro atoms. The second-order valence-corrected chi connectivity index (χ2v) is 4.49. The molecule has 0 aliphatic rings. The molecule has 0 fully saturated rings. The number of aromatic nitrogens is 2. The lowest BCUT2D eigenvalue weighted by molar-refractivity contribution is 0.347. The van der Waals surface area contributed by atoms with Crippen molar-refractivity contribution < 1.29 is 0 Å². The Hall–Kier alpha value is -0.580. The summed E-state index contributed by atoms with van der Waals surface area (Å²) in [6.07, 6.45) is 1.68. The molecule has 86 valence electrons. The van der Waals surface area contributed by atoms with Gasteiger partial charge < -0.3 is 14.8 Å². The van der Waals surface area contributed by atoms with Gasteiger partial charge in [-0.1, -0.05) is 11.6 Å². The summed E-state index contributed by atoms with van der Waals surface area (Å²) in [4.78, 5) is 6.38. The molecular weight excluding hydrogens is 212 g/mol. The predicted molar refractivity (Wildman–Crippen MR) is 63.1 cm³/mol. The van der Waals surface area contributed by atoms with Gasteiger partial charge in [-0.25, -0.2) is 4.98 Å². The average Bonchev–Trinajstić information content (AvgIpc) is 2.44. The fourth-order valence-electron chi connectivity index (χ4n) is 1.47. The summed E-state index contributed by atoms with van der Waals surface area (Å²) in [6.45, 7) is 3.92. The molecule has 0 saturated heterocycles. The van der Waals surface area contributed by atoms with E-state index in [-0.39, 0.29) is 0 Å². The maximum absolute atomic E-state index is 5.89. The van der Waals surface area contributed by atoms with E-state index in [1.165, 1.54) is 0 Å². The number of imidazole rings is 1. The van der Waals surface area contributed by atoms with Crippen LogP contribution < -0.4 is 5.32 Å². The number of rotatable bonds is 5. The molecule has 4 nitrogen and oxygen atoms in total. The quantitative estimate of drug-likeness (QED) is 0.823. The van der Waals surface area contributed by atoms with Gasteiger partial charge in [0.05, 0.1) is 12.7 Å².